The lowest BCUT2D eigenvalue weighted by Gasteiger charge is -2.16. The molecule has 104 valence electrons. The van der Waals surface area contributed by atoms with Crippen molar-refractivity contribution in [3.8, 4) is 0 Å². The summed E-state index contributed by atoms with van der Waals surface area (Å²) in [6, 6.07) is 12.0. The molecule has 1 N–H and O–H groups in total. The van der Waals surface area contributed by atoms with Crippen LogP contribution in [0.1, 0.15) is 18.5 Å². The van der Waals surface area contributed by atoms with E-state index in [-0.39, 0.29) is 16.7 Å². The highest BCUT2D eigenvalue weighted by molar-refractivity contribution is 9.10. The summed E-state index contributed by atoms with van der Waals surface area (Å²) in [4.78, 5) is 10.7. The third-order valence-electron chi connectivity index (χ3n) is 2.90. The van der Waals surface area contributed by atoms with Gasteiger partial charge in [-0.3, -0.25) is 10.1 Å². The molecule has 1 unspecified atom stereocenters. The van der Waals surface area contributed by atoms with Crippen LogP contribution >= 0.6 is 27.5 Å². The summed E-state index contributed by atoms with van der Waals surface area (Å²) < 4.78 is 0.777. The third kappa shape index (κ3) is 3.29. The summed E-state index contributed by atoms with van der Waals surface area (Å²) in [7, 11) is 0. The maximum atomic E-state index is 11.0. The molecule has 0 aromatic heterocycles. The van der Waals surface area contributed by atoms with Crippen molar-refractivity contribution in [2.24, 2.45) is 0 Å². The topological polar surface area (TPSA) is 55.2 Å². The Kier molecular flexibility index (Phi) is 4.62. The number of nitro groups is 1. The first kappa shape index (κ1) is 14.8. The Morgan fingerprint density at radius 2 is 2.00 bits per heavy atom. The predicted octanol–water partition coefficient (Wildman–Crippen LogP) is 5.18. The molecule has 20 heavy (non-hydrogen) atoms. The minimum atomic E-state index is -0.370. The van der Waals surface area contributed by atoms with Gasteiger partial charge in [-0.25, -0.2) is 0 Å². The molecule has 0 radical (unpaired) electrons. The maximum absolute atomic E-state index is 11.0. The zero-order chi connectivity index (χ0) is 14.7. The number of para-hydroxylation sites is 1. The van der Waals surface area contributed by atoms with E-state index in [1.165, 1.54) is 6.07 Å². The minimum Gasteiger partial charge on any atom is -0.378 e. The molecule has 1 atom stereocenters. The summed E-state index contributed by atoms with van der Waals surface area (Å²) in [5, 5.41) is 14.9. The van der Waals surface area contributed by atoms with Crippen LogP contribution in [-0.4, -0.2) is 4.92 Å². The van der Waals surface area contributed by atoms with Gasteiger partial charge in [0.2, 0.25) is 0 Å². The first-order chi connectivity index (χ1) is 9.49. The molecule has 6 heteroatoms. The molecule has 0 fully saturated rings. The van der Waals surface area contributed by atoms with Crippen molar-refractivity contribution in [2.45, 2.75) is 13.0 Å². The van der Waals surface area contributed by atoms with Crippen LogP contribution < -0.4 is 5.32 Å². The monoisotopic (exact) mass is 354 g/mol. The van der Waals surface area contributed by atoms with E-state index in [0.29, 0.717) is 10.6 Å². The molecule has 0 aliphatic carbocycles. The van der Waals surface area contributed by atoms with Gasteiger partial charge in [-0.1, -0.05) is 29.8 Å². The van der Waals surface area contributed by atoms with Crippen LogP contribution in [0.25, 0.3) is 0 Å². The van der Waals surface area contributed by atoms with Gasteiger partial charge in [-0.15, -0.1) is 0 Å². The summed E-state index contributed by atoms with van der Waals surface area (Å²) >= 11 is 9.29. The van der Waals surface area contributed by atoms with Crippen LogP contribution in [0.2, 0.25) is 5.02 Å². The number of hydrogen-bond acceptors (Lipinski definition) is 3. The second-order valence-electron chi connectivity index (χ2n) is 4.31. The Morgan fingerprint density at radius 1 is 1.30 bits per heavy atom. The van der Waals surface area contributed by atoms with E-state index in [1.54, 1.807) is 24.3 Å². The molecule has 2 rings (SSSR count). The lowest BCUT2D eigenvalue weighted by atomic mass is 10.1. The Balaban J connectivity index is 2.26. The Hall–Kier alpha value is -1.59. The second kappa shape index (κ2) is 6.24. The average Bonchev–Trinajstić information content (AvgIpc) is 2.43. The number of halogens is 2. The van der Waals surface area contributed by atoms with Gasteiger partial charge in [0.1, 0.15) is 0 Å². The lowest BCUT2D eigenvalue weighted by Crippen LogP contribution is -2.09. The van der Waals surface area contributed by atoms with Crippen molar-refractivity contribution in [1.82, 2.24) is 0 Å². The molecule has 0 aliphatic heterocycles. The van der Waals surface area contributed by atoms with E-state index < -0.39 is 0 Å². The zero-order valence-corrected chi connectivity index (χ0v) is 13.0. The van der Waals surface area contributed by atoms with E-state index in [2.05, 4.69) is 21.2 Å². The Bertz CT molecular complexity index is 649. The molecule has 0 heterocycles. The molecule has 0 bridgehead atoms. The standard InChI is InChI=1S/C14H12BrClN2O2/c1-9(11-4-2-3-5-14(11)18(19)20)17-10-6-7-13(16)12(15)8-10/h2-9,17H,1H3. The highest BCUT2D eigenvalue weighted by Crippen LogP contribution is 2.30. The van der Waals surface area contributed by atoms with E-state index in [1.807, 2.05) is 19.1 Å². The molecule has 0 saturated heterocycles. The van der Waals surface area contributed by atoms with Crippen molar-refractivity contribution in [3.63, 3.8) is 0 Å². The summed E-state index contributed by atoms with van der Waals surface area (Å²) in [5.41, 5.74) is 1.59. The Morgan fingerprint density at radius 3 is 2.65 bits per heavy atom. The number of benzene rings is 2. The predicted molar refractivity (Wildman–Crippen MR) is 84.3 cm³/mol. The number of rotatable bonds is 4. The minimum absolute atomic E-state index is 0.112. The fourth-order valence-electron chi connectivity index (χ4n) is 1.93. The Labute approximate surface area is 130 Å². The van der Waals surface area contributed by atoms with Gasteiger partial charge >= 0.3 is 0 Å². The van der Waals surface area contributed by atoms with E-state index >= 15 is 0 Å². The van der Waals surface area contributed by atoms with Crippen LogP contribution in [-0.2, 0) is 0 Å². The fraction of sp³-hybridized carbons (Fsp3) is 0.143. The number of nitrogens with zero attached hydrogens (tertiary/aromatic N) is 1. The van der Waals surface area contributed by atoms with Gasteiger partial charge in [-0.05, 0) is 41.1 Å². The second-order valence-corrected chi connectivity index (χ2v) is 5.57. The van der Waals surface area contributed by atoms with Gasteiger partial charge < -0.3 is 5.32 Å². The smallest absolute Gasteiger partial charge is 0.274 e. The molecule has 0 aliphatic rings. The number of anilines is 1. The first-order valence-electron chi connectivity index (χ1n) is 5.94. The van der Waals surface area contributed by atoms with Crippen molar-refractivity contribution in [3.05, 3.63) is 67.6 Å². The molecule has 0 saturated carbocycles. The highest BCUT2D eigenvalue weighted by atomic mass is 79.9. The first-order valence-corrected chi connectivity index (χ1v) is 7.11. The van der Waals surface area contributed by atoms with Crippen LogP contribution in [0, 0.1) is 10.1 Å². The maximum Gasteiger partial charge on any atom is 0.274 e. The zero-order valence-electron chi connectivity index (χ0n) is 10.6. The van der Waals surface area contributed by atoms with E-state index in [9.17, 15) is 10.1 Å². The highest BCUT2D eigenvalue weighted by Gasteiger charge is 2.18. The van der Waals surface area contributed by atoms with Crippen LogP contribution in [0.5, 0.6) is 0 Å². The SMILES string of the molecule is CC(Nc1ccc(Cl)c(Br)c1)c1ccccc1[N+](=O)[O-]. The third-order valence-corrected chi connectivity index (χ3v) is 4.12. The summed E-state index contributed by atoms with van der Waals surface area (Å²) in [5.74, 6) is 0. The summed E-state index contributed by atoms with van der Waals surface area (Å²) in [6.07, 6.45) is 0. The van der Waals surface area contributed by atoms with Crippen molar-refractivity contribution < 1.29 is 4.92 Å². The van der Waals surface area contributed by atoms with Crippen LogP contribution in [0.15, 0.2) is 46.9 Å². The van der Waals surface area contributed by atoms with Crippen molar-refractivity contribution in [2.75, 3.05) is 5.32 Å². The number of nitro benzene ring substituents is 1. The van der Waals surface area contributed by atoms with Crippen LogP contribution in [0.3, 0.4) is 0 Å². The molecular formula is C14H12BrClN2O2. The van der Waals surface area contributed by atoms with Crippen molar-refractivity contribution in [1.29, 1.82) is 0 Å². The molecule has 2 aromatic carbocycles. The van der Waals surface area contributed by atoms with Gasteiger partial charge in [0, 0.05) is 16.2 Å². The number of nitrogens with one attached hydrogen (secondary N) is 1. The quantitative estimate of drug-likeness (QED) is 0.607. The molecule has 0 amide bonds. The molecule has 2 aromatic rings. The van der Waals surface area contributed by atoms with E-state index in [4.69, 9.17) is 11.6 Å². The van der Waals surface area contributed by atoms with Gasteiger partial charge in [0.15, 0.2) is 0 Å². The number of hydrogen-bond donors (Lipinski definition) is 1. The van der Waals surface area contributed by atoms with Crippen LogP contribution in [0.4, 0.5) is 11.4 Å². The molecule has 0 spiro atoms. The molecular weight excluding hydrogens is 344 g/mol. The van der Waals surface area contributed by atoms with Gasteiger partial charge in [-0.2, -0.15) is 0 Å². The lowest BCUT2D eigenvalue weighted by molar-refractivity contribution is -0.385. The normalized spacial score (nSPS) is 11.9. The molecule has 4 nitrogen and oxygen atoms in total. The fourth-order valence-corrected chi connectivity index (χ4v) is 2.43. The van der Waals surface area contributed by atoms with Gasteiger partial charge in [0.05, 0.1) is 21.6 Å². The summed E-state index contributed by atoms with van der Waals surface area (Å²) in [6.45, 7) is 1.88. The largest absolute Gasteiger partial charge is 0.378 e. The average molecular weight is 356 g/mol. The van der Waals surface area contributed by atoms with Crippen molar-refractivity contribution >= 4 is 38.9 Å². The van der Waals surface area contributed by atoms with Gasteiger partial charge in [0.25, 0.3) is 5.69 Å². The van der Waals surface area contributed by atoms with E-state index in [0.717, 1.165) is 10.2 Å².